The van der Waals surface area contributed by atoms with Crippen molar-refractivity contribution in [2.75, 3.05) is 36.4 Å². The molecule has 2 aromatic carbocycles. The molecule has 0 spiro atoms. The average molecular weight is 538 g/mol. The summed E-state index contributed by atoms with van der Waals surface area (Å²) in [5, 5.41) is 3.35. The molecule has 1 N–H and O–H groups in total. The zero-order valence-electron chi connectivity index (χ0n) is 20.7. The van der Waals surface area contributed by atoms with Gasteiger partial charge in [-0.15, -0.1) is 0 Å². The molecule has 0 fully saturated rings. The third kappa shape index (κ3) is 6.82. The quantitative estimate of drug-likeness (QED) is 0.472. The van der Waals surface area contributed by atoms with E-state index in [1.165, 1.54) is 11.8 Å². The number of nitrogens with one attached hydrogen (secondary N) is 1. The predicted molar refractivity (Wildman–Crippen MR) is 139 cm³/mol. The van der Waals surface area contributed by atoms with Gasteiger partial charge < -0.3 is 19.7 Å². The van der Waals surface area contributed by atoms with E-state index in [2.05, 4.69) is 5.32 Å². The first-order chi connectivity index (χ1) is 17.2. The fraction of sp³-hybridized carbons (Fsp3) is 0.440. The predicted octanol–water partition coefficient (Wildman–Crippen LogP) is 3.21. The summed E-state index contributed by atoms with van der Waals surface area (Å²) in [6.45, 7) is 5.92. The number of amides is 2. The van der Waals surface area contributed by atoms with Gasteiger partial charge in [-0.05, 0) is 50.1 Å². The van der Waals surface area contributed by atoms with Gasteiger partial charge in [0, 0.05) is 24.2 Å². The van der Waals surface area contributed by atoms with Crippen LogP contribution in [0.15, 0.2) is 42.5 Å². The standard InChI is InChI=1S/C25H32ClN3O6S/c1-4-12-27-25(31)18(3)28(16-19-6-8-20(26)9-7-19)24(30)17-29(36(32,33)5-2)21-10-11-22-23(15-21)35-14-13-34-22/h6-11,15,18H,4-5,12-14,16-17H2,1-3H3,(H,27,31)/t18-/m0/s1. The molecule has 1 heterocycles. The molecule has 1 aliphatic heterocycles. The Morgan fingerprint density at radius 1 is 1.06 bits per heavy atom. The lowest BCUT2D eigenvalue weighted by Crippen LogP contribution is -2.51. The maximum Gasteiger partial charge on any atom is 0.244 e. The van der Waals surface area contributed by atoms with E-state index in [0.717, 1.165) is 16.3 Å². The van der Waals surface area contributed by atoms with Crippen molar-refractivity contribution in [3.63, 3.8) is 0 Å². The summed E-state index contributed by atoms with van der Waals surface area (Å²) in [7, 11) is -3.84. The molecule has 11 heteroatoms. The molecule has 1 aliphatic rings. The van der Waals surface area contributed by atoms with Crippen LogP contribution in [0.1, 0.15) is 32.8 Å². The van der Waals surface area contributed by atoms with Crippen LogP contribution in [0.5, 0.6) is 11.5 Å². The number of carbonyl (C=O) groups is 2. The summed E-state index contributed by atoms with van der Waals surface area (Å²) >= 11 is 6.00. The van der Waals surface area contributed by atoms with Crippen molar-refractivity contribution in [2.45, 2.75) is 39.8 Å². The number of hydrogen-bond acceptors (Lipinski definition) is 6. The van der Waals surface area contributed by atoms with E-state index in [-0.39, 0.29) is 23.9 Å². The number of halogens is 1. The van der Waals surface area contributed by atoms with Gasteiger partial charge in [0.1, 0.15) is 25.8 Å². The van der Waals surface area contributed by atoms with Gasteiger partial charge in [-0.1, -0.05) is 30.7 Å². The van der Waals surface area contributed by atoms with E-state index < -0.39 is 28.5 Å². The Morgan fingerprint density at radius 3 is 2.36 bits per heavy atom. The third-order valence-electron chi connectivity index (χ3n) is 5.78. The van der Waals surface area contributed by atoms with Crippen molar-refractivity contribution < 1.29 is 27.5 Å². The number of sulfonamides is 1. The van der Waals surface area contributed by atoms with E-state index in [9.17, 15) is 18.0 Å². The summed E-state index contributed by atoms with van der Waals surface area (Å²) < 4.78 is 38.3. The number of anilines is 1. The average Bonchev–Trinajstić information content (AvgIpc) is 2.89. The Morgan fingerprint density at radius 2 is 1.72 bits per heavy atom. The number of carbonyl (C=O) groups excluding carboxylic acids is 2. The van der Waals surface area contributed by atoms with Crippen LogP contribution in [0.25, 0.3) is 0 Å². The number of hydrogen-bond donors (Lipinski definition) is 1. The Labute approximate surface area is 217 Å². The maximum absolute atomic E-state index is 13.6. The molecule has 0 aromatic heterocycles. The fourth-order valence-corrected chi connectivity index (χ4v) is 4.85. The lowest BCUT2D eigenvalue weighted by atomic mass is 10.1. The van der Waals surface area contributed by atoms with Gasteiger partial charge in [0.2, 0.25) is 21.8 Å². The molecule has 9 nitrogen and oxygen atoms in total. The van der Waals surface area contributed by atoms with E-state index in [1.807, 2.05) is 6.92 Å². The molecule has 0 unspecified atom stereocenters. The first kappa shape index (κ1) is 27.6. The number of benzene rings is 2. The Hall–Kier alpha value is -2.98. The molecular formula is C25H32ClN3O6S. The molecule has 0 aliphatic carbocycles. The van der Waals surface area contributed by atoms with Crippen LogP contribution in [0, 0.1) is 0 Å². The van der Waals surface area contributed by atoms with Crippen LogP contribution in [0.4, 0.5) is 5.69 Å². The third-order valence-corrected chi connectivity index (χ3v) is 7.77. The second-order valence-corrected chi connectivity index (χ2v) is 11.0. The van der Waals surface area contributed by atoms with Crippen molar-refractivity contribution in [1.29, 1.82) is 0 Å². The summed E-state index contributed by atoms with van der Waals surface area (Å²) in [4.78, 5) is 27.8. The molecule has 36 heavy (non-hydrogen) atoms. The molecule has 2 aromatic rings. The van der Waals surface area contributed by atoms with Crippen LogP contribution in [-0.2, 0) is 26.2 Å². The molecule has 2 amide bonds. The number of fused-ring (bicyclic) bond motifs is 1. The minimum absolute atomic E-state index is 0.109. The second-order valence-electron chi connectivity index (χ2n) is 8.35. The lowest BCUT2D eigenvalue weighted by Gasteiger charge is -2.32. The summed E-state index contributed by atoms with van der Waals surface area (Å²) in [6.07, 6.45) is 0.746. The maximum atomic E-state index is 13.6. The Kier molecular flexibility index (Phi) is 9.44. The van der Waals surface area contributed by atoms with Crippen LogP contribution in [-0.4, -0.2) is 63.2 Å². The van der Waals surface area contributed by atoms with Crippen molar-refractivity contribution in [3.05, 3.63) is 53.1 Å². The zero-order chi connectivity index (χ0) is 26.3. The normalized spacial score (nSPS) is 13.6. The lowest BCUT2D eigenvalue weighted by molar-refractivity contribution is -0.139. The highest BCUT2D eigenvalue weighted by Crippen LogP contribution is 2.35. The Bertz CT molecular complexity index is 1170. The van der Waals surface area contributed by atoms with E-state index >= 15 is 0 Å². The first-order valence-corrected chi connectivity index (χ1v) is 13.9. The molecular weight excluding hydrogens is 506 g/mol. The molecule has 196 valence electrons. The van der Waals surface area contributed by atoms with Crippen LogP contribution in [0.3, 0.4) is 0 Å². The monoisotopic (exact) mass is 537 g/mol. The number of nitrogens with zero attached hydrogens (tertiary/aromatic N) is 2. The molecule has 0 radical (unpaired) electrons. The fourth-order valence-electron chi connectivity index (χ4n) is 3.67. The molecule has 0 saturated carbocycles. The molecule has 1 atom stereocenters. The minimum atomic E-state index is -3.84. The number of rotatable bonds is 11. The highest BCUT2D eigenvalue weighted by Gasteiger charge is 2.31. The molecule has 0 bridgehead atoms. The zero-order valence-corrected chi connectivity index (χ0v) is 22.3. The van der Waals surface area contributed by atoms with Crippen LogP contribution >= 0.6 is 11.6 Å². The van der Waals surface area contributed by atoms with Crippen molar-refractivity contribution in [2.24, 2.45) is 0 Å². The highest BCUT2D eigenvalue weighted by atomic mass is 35.5. The first-order valence-electron chi connectivity index (χ1n) is 11.9. The summed E-state index contributed by atoms with van der Waals surface area (Å²) in [6, 6.07) is 10.9. The van der Waals surface area contributed by atoms with Gasteiger partial charge in [0.15, 0.2) is 11.5 Å². The largest absolute Gasteiger partial charge is 0.486 e. The SMILES string of the molecule is CCCNC(=O)[C@H](C)N(Cc1ccc(Cl)cc1)C(=O)CN(c1ccc2c(c1)OCCO2)S(=O)(=O)CC. The summed E-state index contributed by atoms with van der Waals surface area (Å²) in [5.74, 6) is -0.124. The summed E-state index contributed by atoms with van der Waals surface area (Å²) in [5.41, 5.74) is 1.04. The highest BCUT2D eigenvalue weighted by molar-refractivity contribution is 7.92. The van der Waals surface area contributed by atoms with E-state index in [1.54, 1.807) is 49.4 Å². The second kappa shape index (κ2) is 12.3. The van der Waals surface area contributed by atoms with Crippen molar-refractivity contribution in [1.82, 2.24) is 10.2 Å². The van der Waals surface area contributed by atoms with E-state index in [0.29, 0.717) is 36.3 Å². The smallest absolute Gasteiger partial charge is 0.244 e. The van der Waals surface area contributed by atoms with Gasteiger partial charge in [0.05, 0.1) is 11.4 Å². The van der Waals surface area contributed by atoms with Crippen molar-refractivity contribution >= 4 is 39.1 Å². The van der Waals surface area contributed by atoms with Gasteiger partial charge in [-0.3, -0.25) is 13.9 Å². The van der Waals surface area contributed by atoms with Gasteiger partial charge in [0.25, 0.3) is 0 Å². The molecule has 0 saturated heterocycles. The molecule has 3 rings (SSSR count). The van der Waals surface area contributed by atoms with Gasteiger partial charge >= 0.3 is 0 Å². The van der Waals surface area contributed by atoms with Gasteiger partial charge in [-0.2, -0.15) is 0 Å². The Balaban J connectivity index is 1.93. The number of ether oxygens (including phenoxy) is 2. The van der Waals surface area contributed by atoms with Gasteiger partial charge in [-0.25, -0.2) is 8.42 Å². The van der Waals surface area contributed by atoms with Crippen LogP contribution in [0.2, 0.25) is 5.02 Å². The van der Waals surface area contributed by atoms with Crippen LogP contribution < -0.4 is 19.1 Å². The minimum Gasteiger partial charge on any atom is -0.486 e. The topological polar surface area (TPSA) is 105 Å². The van der Waals surface area contributed by atoms with Crippen molar-refractivity contribution in [3.8, 4) is 11.5 Å². The van der Waals surface area contributed by atoms with E-state index in [4.69, 9.17) is 21.1 Å².